The molecule has 0 amide bonds. The summed E-state index contributed by atoms with van der Waals surface area (Å²) < 4.78 is 15.9. The molecule has 4 nitrogen and oxygen atoms in total. The molecule has 0 radical (unpaired) electrons. The van der Waals surface area contributed by atoms with E-state index in [9.17, 15) is 0 Å². The highest BCUT2D eigenvalue weighted by Crippen LogP contribution is 2.29. The van der Waals surface area contributed by atoms with E-state index in [0.29, 0.717) is 6.54 Å². The second-order valence-corrected chi connectivity index (χ2v) is 4.72. The molecule has 0 atom stereocenters. The minimum Gasteiger partial charge on any atom is -0.497 e. The van der Waals surface area contributed by atoms with Gasteiger partial charge in [0.05, 0.1) is 27.0 Å². The van der Waals surface area contributed by atoms with Gasteiger partial charge < -0.3 is 19.5 Å². The lowest BCUT2D eigenvalue weighted by molar-refractivity contribution is 0.404. The Morgan fingerprint density at radius 1 is 0.857 bits per heavy atom. The third-order valence-electron chi connectivity index (χ3n) is 3.35. The zero-order chi connectivity index (χ0) is 15.2. The summed E-state index contributed by atoms with van der Waals surface area (Å²) in [6, 6.07) is 11.8. The summed E-state index contributed by atoms with van der Waals surface area (Å²) in [6.07, 6.45) is 0. The predicted molar refractivity (Wildman–Crippen MR) is 84.6 cm³/mol. The standard InChI is InChI=1S/C17H21NO3/c1-12-9-13(5-7-16(12)20-3)11-18-15-10-14(19-2)6-8-17(15)21-4/h5-10,18H,11H2,1-4H3. The van der Waals surface area contributed by atoms with Crippen LogP contribution < -0.4 is 19.5 Å². The molecule has 0 saturated carbocycles. The summed E-state index contributed by atoms with van der Waals surface area (Å²) >= 11 is 0. The van der Waals surface area contributed by atoms with Crippen molar-refractivity contribution < 1.29 is 14.2 Å². The number of hydrogen-bond donors (Lipinski definition) is 1. The van der Waals surface area contributed by atoms with Gasteiger partial charge in [-0.25, -0.2) is 0 Å². The van der Waals surface area contributed by atoms with Crippen molar-refractivity contribution in [2.45, 2.75) is 13.5 Å². The van der Waals surface area contributed by atoms with Gasteiger partial charge in [0.25, 0.3) is 0 Å². The first kappa shape index (κ1) is 15.0. The van der Waals surface area contributed by atoms with Crippen LogP contribution in [0.2, 0.25) is 0 Å². The monoisotopic (exact) mass is 287 g/mol. The second kappa shape index (κ2) is 6.88. The molecular weight excluding hydrogens is 266 g/mol. The quantitative estimate of drug-likeness (QED) is 0.880. The van der Waals surface area contributed by atoms with E-state index in [4.69, 9.17) is 14.2 Å². The molecule has 0 aliphatic heterocycles. The van der Waals surface area contributed by atoms with Gasteiger partial charge in [-0.2, -0.15) is 0 Å². The molecule has 0 aliphatic carbocycles. The van der Waals surface area contributed by atoms with E-state index >= 15 is 0 Å². The summed E-state index contributed by atoms with van der Waals surface area (Å²) in [6.45, 7) is 2.74. The molecule has 2 aromatic carbocycles. The van der Waals surface area contributed by atoms with Crippen LogP contribution in [0.25, 0.3) is 0 Å². The molecule has 0 spiro atoms. The van der Waals surface area contributed by atoms with Gasteiger partial charge in [-0.05, 0) is 36.2 Å². The zero-order valence-electron chi connectivity index (χ0n) is 12.9. The lowest BCUT2D eigenvalue weighted by Crippen LogP contribution is -2.02. The maximum Gasteiger partial charge on any atom is 0.142 e. The Hall–Kier alpha value is -2.36. The van der Waals surface area contributed by atoms with Crippen LogP contribution in [0.15, 0.2) is 36.4 Å². The average molecular weight is 287 g/mol. The van der Waals surface area contributed by atoms with Crippen molar-refractivity contribution in [2.75, 3.05) is 26.6 Å². The van der Waals surface area contributed by atoms with E-state index in [0.717, 1.165) is 28.5 Å². The number of ether oxygens (including phenoxy) is 3. The van der Waals surface area contributed by atoms with Crippen LogP contribution in [-0.2, 0) is 6.54 Å². The van der Waals surface area contributed by atoms with Crippen LogP contribution in [0.1, 0.15) is 11.1 Å². The van der Waals surface area contributed by atoms with Crippen LogP contribution in [0, 0.1) is 6.92 Å². The molecule has 21 heavy (non-hydrogen) atoms. The fourth-order valence-electron chi connectivity index (χ4n) is 2.20. The topological polar surface area (TPSA) is 39.7 Å². The summed E-state index contributed by atoms with van der Waals surface area (Å²) in [5.41, 5.74) is 3.21. The molecule has 4 heteroatoms. The number of hydrogen-bond acceptors (Lipinski definition) is 4. The van der Waals surface area contributed by atoms with Crippen LogP contribution >= 0.6 is 0 Å². The van der Waals surface area contributed by atoms with E-state index < -0.39 is 0 Å². The van der Waals surface area contributed by atoms with Gasteiger partial charge in [0.1, 0.15) is 17.2 Å². The van der Waals surface area contributed by atoms with E-state index in [1.807, 2.05) is 37.3 Å². The predicted octanol–water partition coefficient (Wildman–Crippen LogP) is 3.63. The SMILES string of the molecule is COc1ccc(OC)c(NCc2ccc(OC)c(C)c2)c1. The molecule has 0 aromatic heterocycles. The fourth-order valence-corrected chi connectivity index (χ4v) is 2.20. The van der Waals surface area contributed by atoms with Crippen molar-refractivity contribution in [2.24, 2.45) is 0 Å². The van der Waals surface area contributed by atoms with Crippen molar-refractivity contribution in [3.8, 4) is 17.2 Å². The van der Waals surface area contributed by atoms with Crippen LogP contribution in [0.3, 0.4) is 0 Å². The molecule has 0 fully saturated rings. The third-order valence-corrected chi connectivity index (χ3v) is 3.35. The minimum absolute atomic E-state index is 0.703. The van der Waals surface area contributed by atoms with E-state index in [1.54, 1.807) is 21.3 Å². The van der Waals surface area contributed by atoms with Gasteiger partial charge in [-0.1, -0.05) is 12.1 Å². The van der Waals surface area contributed by atoms with Crippen molar-refractivity contribution in [3.05, 3.63) is 47.5 Å². The van der Waals surface area contributed by atoms with Crippen LogP contribution in [0.4, 0.5) is 5.69 Å². The van der Waals surface area contributed by atoms with Crippen molar-refractivity contribution >= 4 is 5.69 Å². The lowest BCUT2D eigenvalue weighted by atomic mass is 10.1. The molecule has 1 N–H and O–H groups in total. The number of nitrogens with one attached hydrogen (secondary N) is 1. The summed E-state index contributed by atoms with van der Waals surface area (Å²) in [4.78, 5) is 0. The Labute approximate surface area is 125 Å². The smallest absolute Gasteiger partial charge is 0.142 e. The summed E-state index contributed by atoms with van der Waals surface area (Å²) in [5, 5.41) is 3.37. The van der Waals surface area contributed by atoms with E-state index in [1.165, 1.54) is 5.56 Å². The molecule has 2 aromatic rings. The molecule has 0 unspecified atom stereocenters. The van der Waals surface area contributed by atoms with Gasteiger partial charge in [0.2, 0.25) is 0 Å². The number of methoxy groups -OCH3 is 3. The minimum atomic E-state index is 0.703. The van der Waals surface area contributed by atoms with Gasteiger partial charge in [0.15, 0.2) is 0 Å². The first-order valence-corrected chi connectivity index (χ1v) is 6.77. The van der Waals surface area contributed by atoms with Crippen LogP contribution in [-0.4, -0.2) is 21.3 Å². The van der Waals surface area contributed by atoms with E-state index in [-0.39, 0.29) is 0 Å². The van der Waals surface area contributed by atoms with E-state index in [2.05, 4.69) is 11.4 Å². The van der Waals surface area contributed by atoms with Crippen molar-refractivity contribution in [1.29, 1.82) is 0 Å². The molecule has 0 heterocycles. The molecule has 0 bridgehead atoms. The number of aryl methyl sites for hydroxylation is 1. The maximum atomic E-state index is 5.36. The van der Waals surface area contributed by atoms with Crippen molar-refractivity contribution in [3.63, 3.8) is 0 Å². The number of rotatable bonds is 6. The second-order valence-electron chi connectivity index (χ2n) is 4.72. The molecular formula is C17H21NO3. The molecule has 112 valence electrons. The Kier molecular flexibility index (Phi) is 4.93. The maximum absolute atomic E-state index is 5.36. The van der Waals surface area contributed by atoms with Crippen molar-refractivity contribution in [1.82, 2.24) is 0 Å². The largest absolute Gasteiger partial charge is 0.497 e. The zero-order valence-corrected chi connectivity index (χ0v) is 12.9. The number of anilines is 1. The van der Waals surface area contributed by atoms with Gasteiger partial charge in [-0.15, -0.1) is 0 Å². The normalized spacial score (nSPS) is 10.1. The highest BCUT2D eigenvalue weighted by molar-refractivity contribution is 5.60. The van der Waals surface area contributed by atoms with Crippen LogP contribution in [0.5, 0.6) is 17.2 Å². The first-order valence-electron chi connectivity index (χ1n) is 6.77. The summed E-state index contributed by atoms with van der Waals surface area (Å²) in [5.74, 6) is 2.49. The molecule has 2 rings (SSSR count). The molecule has 0 aliphatic rings. The molecule has 0 saturated heterocycles. The Balaban J connectivity index is 2.13. The summed E-state index contributed by atoms with van der Waals surface area (Å²) in [7, 11) is 4.99. The van der Waals surface area contributed by atoms with Gasteiger partial charge >= 0.3 is 0 Å². The Bertz CT molecular complexity index is 611. The highest BCUT2D eigenvalue weighted by atomic mass is 16.5. The Morgan fingerprint density at radius 2 is 1.57 bits per heavy atom. The van der Waals surface area contributed by atoms with Gasteiger partial charge in [-0.3, -0.25) is 0 Å². The third kappa shape index (κ3) is 3.60. The Morgan fingerprint density at radius 3 is 2.19 bits per heavy atom. The fraction of sp³-hybridized carbons (Fsp3) is 0.294. The van der Waals surface area contributed by atoms with Gasteiger partial charge in [0, 0.05) is 12.6 Å². The number of benzene rings is 2. The average Bonchev–Trinajstić information content (AvgIpc) is 2.52. The highest BCUT2D eigenvalue weighted by Gasteiger charge is 2.05. The first-order chi connectivity index (χ1) is 10.2. The lowest BCUT2D eigenvalue weighted by Gasteiger charge is -2.13.